The molecule has 0 radical (unpaired) electrons. The van der Waals surface area contributed by atoms with E-state index in [0.717, 1.165) is 16.9 Å². The molecule has 3 aromatic rings. The number of rotatable bonds is 3. The summed E-state index contributed by atoms with van der Waals surface area (Å²) < 4.78 is 1.74. The molecule has 0 bridgehead atoms. The van der Waals surface area contributed by atoms with Crippen molar-refractivity contribution in [3.8, 4) is 5.69 Å². The molecule has 0 N–H and O–H groups in total. The highest BCUT2D eigenvalue weighted by atomic mass is 35.5. The first-order chi connectivity index (χ1) is 14.5. The standard InChI is InChI=1S/C22H20ClN5O2/c1-13-19-14(2)27(22(30)20(19)28(25-13)16-6-4-3-5-7-16)17-11-26(12-17)21(29)15-8-9-18(23)24-10-15/h3-10,14,17H,11-12H2,1-2H3. The smallest absolute Gasteiger partial charge is 0.273 e. The Morgan fingerprint density at radius 2 is 1.87 bits per heavy atom. The van der Waals surface area contributed by atoms with Crippen LogP contribution in [0.2, 0.25) is 5.15 Å². The Kier molecular flexibility index (Phi) is 4.36. The third-order valence-corrected chi connectivity index (χ3v) is 6.12. The monoisotopic (exact) mass is 421 g/mol. The predicted octanol–water partition coefficient (Wildman–Crippen LogP) is 3.27. The lowest BCUT2D eigenvalue weighted by atomic mass is 10.0. The zero-order chi connectivity index (χ0) is 21.0. The number of para-hydroxylation sites is 1. The highest BCUT2D eigenvalue weighted by Gasteiger charge is 2.47. The Bertz CT molecular complexity index is 1140. The van der Waals surface area contributed by atoms with Gasteiger partial charge in [-0.05, 0) is 38.1 Å². The highest BCUT2D eigenvalue weighted by Crippen LogP contribution is 2.39. The highest BCUT2D eigenvalue weighted by molar-refractivity contribution is 6.29. The lowest BCUT2D eigenvalue weighted by Crippen LogP contribution is -2.61. The van der Waals surface area contributed by atoms with Crippen molar-refractivity contribution in [3.63, 3.8) is 0 Å². The Labute approximate surface area is 178 Å². The molecule has 4 heterocycles. The molecule has 8 heteroatoms. The molecule has 152 valence electrons. The minimum absolute atomic E-state index is 0.0206. The quantitative estimate of drug-likeness (QED) is 0.608. The van der Waals surface area contributed by atoms with Crippen LogP contribution in [0.5, 0.6) is 0 Å². The molecule has 0 aliphatic carbocycles. The zero-order valence-corrected chi connectivity index (χ0v) is 17.4. The van der Waals surface area contributed by atoms with Crippen LogP contribution in [-0.4, -0.2) is 55.5 Å². The largest absolute Gasteiger partial charge is 0.334 e. The number of pyridine rings is 1. The first-order valence-corrected chi connectivity index (χ1v) is 10.2. The molecule has 30 heavy (non-hydrogen) atoms. The number of amides is 2. The van der Waals surface area contributed by atoms with Crippen LogP contribution in [0.1, 0.15) is 45.1 Å². The summed E-state index contributed by atoms with van der Waals surface area (Å²) in [6.45, 7) is 4.97. The van der Waals surface area contributed by atoms with Gasteiger partial charge in [0.05, 0.1) is 29.0 Å². The van der Waals surface area contributed by atoms with Crippen molar-refractivity contribution in [2.45, 2.75) is 25.9 Å². The van der Waals surface area contributed by atoms with Crippen LogP contribution in [0.3, 0.4) is 0 Å². The van der Waals surface area contributed by atoms with Gasteiger partial charge in [-0.3, -0.25) is 9.59 Å². The summed E-state index contributed by atoms with van der Waals surface area (Å²) in [6.07, 6.45) is 1.48. The molecule has 1 unspecified atom stereocenters. The third kappa shape index (κ3) is 2.81. The molecule has 5 rings (SSSR count). The van der Waals surface area contributed by atoms with Gasteiger partial charge < -0.3 is 9.80 Å². The third-order valence-electron chi connectivity index (χ3n) is 5.90. The van der Waals surface area contributed by atoms with Crippen molar-refractivity contribution in [2.75, 3.05) is 13.1 Å². The topological polar surface area (TPSA) is 71.3 Å². The number of likely N-dealkylation sites (tertiary alicyclic amines) is 1. The summed E-state index contributed by atoms with van der Waals surface area (Å²) in [5.41, 5.74) is 3.81. The van der Waals surface area contributed by atoms with E-state index in [1.807, 2.05) is 49.1 Å². The van der Waals surface area contributed by atoms with E-state index in [1.165, 1.54) is 6.20 Å². The summed E-state index contributed by atoms with van der Waals surface area (Å²) >= 11 is 5.80. The van der Waals surface area contributed by atoms with Crippen LogP contribution in [0.15, 0.2) is 48.7 Å². The first kappa shape index (κ1) is 18.8. The minimum atomic E-state index is -0.0983. The number of aromatic nitrogens is 3. The summed E-state index contributed by atoms with van der Waals surface area (Å²) in [4.78, 5) is 33.6. The maximum atomic E-state index is 13.4. The SMILES string of the molecule is Cc1nn(-c2ccccc2)c2c1C(C)N(C1CN(C(=O)c3ccc(Cl)nc3)C1)C2=O. The second-order valence-electron chi connectivity index (χ2n) is 7.72. The Balaban J connectivity index is 1.36. The summed E-state index contributed by atoms with van der Waals surface area (Å²) in [7, 11) is 0. The van der Waals surface area contributed by atoms with Crippen LogP contribution in [-0.2, 0) is 0 Å². The molecule has 0 spiro atoms. The van der Waals surface area contributed by atoms with Crippen molar-refractivity contribution in [2.24, 2.45) is 0 Å². The van der Waals surface area contributed by atoms with Crippen LogP contribution in [0, 0.1) is 6.92 Å². The van der Waals surface area contributed by atoms with Gasteiger partial charge >= 0.3 is 0 Å². The fourth-order valence-corrected chi connectivity index (χ4v) is 4.51. The van der Waals surface area contributed by atoms with Crippen LogP contribution in [0.25, 0.3) is 5.69 Å². The van der Waals surface area contributed by atoms with E-state index in [1.54, 1.807) is 21.7 Å². The second-order valence-corrected chi connectivity index (χ2v) is 8.10. The van der Waals surface area contributed by atoms with E-state index in [0.29, 0.717) is 29.5 Å². The predicted molar refractivity (Wildman–Crippen MR) is 112 cm³/mol. The molecule has 1 atom stereocenters. The Morgan fingerprint density at radius 1 is 1.13 bits per heavy atom. The van der Waals surface area contributed by atoms with E-state index in [2.05, 4.69) is 10.1 Å². The van der Waals surface area contributed by atoms with Crippen molar-refractivity contribution in [1.82, 2.24) is 24.6 Å². The van der Waals surface area contributed by atoms with Gasteiger partial charge in [0.2, 0.25) is 0 Å². The molecular weight excluding hydrogens is 402 g/mol. The molecule has 2 aliphatic heterocycles. The van der Waals surface area contributed by atoms with Crippen LogP contribution >= 0.6 is 11.6 Å². The molecule has 2 aliphatic rings. The van der Waals surface area contributed by atoms with Crippen LogP contribution < -0.4 is 0 Å². The number of hydrogen-bond donors (Lipinski definition) is 0. The molecular formula is C22H20ClN5O2. The Hall–Kier alpha value is -3.19. The number of halogens is 1. The fraction of sp³-hybridized carbons (Fsp3) is 0.273. The number of benzene rings is 1. The zero-order valence-electron chi connectivity index (χ0n) is 16.6. The lowest BCUT2D eigenvalue weighted by molar-refractivity contribution is 0.0164. The summed E-state index contributed by atoms with van der Waals surface area (Å²) in [5.74, 6) is -0.133. The number of hydrogen-bond acceptors (Lipinski definition) is 4. The summed E-state index contributed by atoms with van der Waals surface area (Å²) in [6, 6.07) is 12.9. The van der Waals surface area contributed by atoms with Gasteiger partial charge in [0.25, 0.3) is 11.8 Å². The number of nitrogens with zero attached hydrogens (tertiary/aromatic N) is 5. The van der Waals surface area contributed by atoms with Gasteiger partial charge in [0.1, 0.15) is 10.8 Å². The Morgan fingerprint density at radius 3 is 2.53 bits per heavy atom. The van der Waals surface area contributed by atoms with Gasteiger partial charge in [0, 0.05) is 24.8 Å². The molecule has 7 nitrogen and oxygen atoms in total. The maximum absolute atomic E-state index is 13.4. The number of aryl methyl sites for hydroxylation is 1. The van der Waals surface area contributed by atoms with E-state index < -0.39 is 0 Å². The van der Waals surface area contributed by atoms with E-state index >= 15 is 0 Å². The molecule has 2 amide bonds. The van der Waals surface area contributed by atoms with Gasteiger partial charge in [-0.1, -0.05) is 29.8 Å². The van der Waals surface area contributed by atoms with Gasteiger partial charge in [-0.2, -0.15) is 5.10 Å². The number of carbonyl (C=O) groups excluding carboxylic acids is 2. The molecule has 1 fully saturated rings. The maximum Gasteiger partial charge on any atom is 0.273 e. The minimum Gasteiger partial charge on any atom is -0.334 e. The average molecular weight is 422 g/mol. The molecule has 2 aromatic heterocycles. The number of carbonyl (C=O) groups is 2. The van der Waals surface area contributed by atoms with Gasteiger partial charge in [-0.25, -0.2) is 9.67 Å². The summed E-state index contributed by atoms with van der Waals surface area (Å²) in [5, 5.41) is 4.97. The normalized spacial score (nSPS) is 18.5. The number of fused-ring (bicyclic) bond motifs is 1. The molecule has 1 aromatic carbocycles. The van der Waals surface area contributed by atoms with Gasteiger partial charge in [-0.15, -0.1) is 0 Å². The van der Waals surface area contributed by atoms with E-state index in [-0.39, 0.29) is 23.9 Å². The van der Waals surface area contributed by atoms with E-state index in [9.17, 15) is 9.59 Å². The average Bonchev–Trinajstić information content (AvgIpc) is 3.19. The van der Waals surface area contributed by atoms with Crippen molar-refractivity contribution < 1.29 is 9.59 Å². The molecule has 0 saturated carbocycles. The first-order valence-electron chi connectivity index (χ1n) is 9.84. The van der Waals surface area contributed by atoms with E-state index in [4.69, 9.17) is 11.6 Å². The fourth-order valence-electron chi connectivity index (χ4n) is 4.40. The lowest BCUT2D eigenvalue weighted by Gasteiger charge is -2.45. The van der Waals surface area contributed by atoms with Crippen molar-refractivity contribution in [3.05, 3.63) is 76.3 Å². The van der Waals surface area contributed by atoms with Crippen molar-refractivity contribution in [1.29, 1.82) is 0 Å². The van der Waals surface area contributed by atoms with Crippen molar-refractivity contribution >= 4 is 23.4 Å². The second kappa shape index (κ2) is 6.95. The molecule has 1 saturated heterocycles. The van der Waals surface area contributed by atoms with Gasteiger partial charge in [0.15, 0.2) is 0 Å². The van der Waals surface area contributed by atoms with Crippen LogP contribution in [0.4, 0.5) is 0 Å².